The highest BCUT2D eigenvalue weighted by atomic mass is 32.3. The predicted molar refractivity (Wildman–Crippen MR) is 143 cm³/mol. The monoisotopic (exact) mass is 519 g/mol. The average molecular weight is 520 g/mol. The number of rotatable bonds is 9. The van der Waals surface area contributed by atoms with Crippen molar-refractivity contribution in [3.63, 3.8) is 0 Å². The molecule has 5 nitrogen and oxygen atoms in total. The van der Waals surface area contributed by atoms with Gasteiger partial charge in [-0.3, -0.25) is 0 Å². The lowest BCUT2D eigenvalue weighted by atomic mass is 9.89. The van der Waals surface area contributed by atoms with Crippen LogP contribution in [-0.4, -0.2) is 27.1 Å². The molecule has 0 atom stereocenters. The summed E-state index contributed by atoms with van der Waals surface area (Å²) in [7, 11) is -8.70. The molecule has 4 aromatic rings. The van der Waals surface area contributed by atoms with E-state index in [1.165, 1.54) is 24.3 Å². The fourth-order valence-corrected chi connectivity index (χ4v) is 7.83. The predicted octanol–water partition coefficient (Wildman–Crippen LogP) is 5.91. The van der Waals surface area contributed by atoms with E-state index in [-0.39, 0.29) is 28.7 Å². The summed E-state index contributed by atoms with van der Waals surface area (Å²) in [5.74, 6) is -0.184. The fourth-order valence-electron chi connectivity index (χ4n) is 4.16. The van der Waals surface area contributed by atoms with Crippen LogP contribution in [0.25, 0.3) is 0 Å². The second-order valence-electron chi connectivity index (χ2n) is 8.80. The molecule has 36 heavy (non-hydrogen) atoms. The highest BCUT2D eigenvalue weighted by Crippen LogP contribution is 2.31. The molecule has 0 fully saturated rings. The molecule has 0 aliphatic carbocycles. The molecule has 0 N–H and O–H groups in total. The van der Waals surface area contributed by atoms with Gasteiger partial charge in [0.1, 0.15) is 0 Å². The van der Waals surface area contributed by atoms with Crippen LogP contribution in [0, 0.1) is 13.8 Å². The first kappa shape index (κ1) is 25.8. The Morgan fingerprint density at radius 2 is 0.917 bits per heavy atom. The average Bonchev–Trinajstić information content (AvgIpc) is 2.88. The van der Waals surface area contributed by atoms with Gasteiger partial charge in [-0.2, -0.15) is 0 Å². The molecule has 0 bridgehead atoms. The SMILES string of the molecule is Cc1ccc(S(=O)(=O)N(CCC(c2ccccc2)c2ccccc2)S(=O)(=O)c2ccc(C)cc2)cc1. The second kappa shape index (κ2) is 10.8. The Morgan fingerprint density at radius 1 is 0.556 bits per heavy atom. The number of aryl methyl sites for hydroxylation is 2. The smallest absolute Gasteiger partial charge is 0.206 e. The summed E-state index contributed by atoms with van der Waals surface area (Å²) in [6.45, 7) is 3.49. The van der Waals surface area contributed by atoms with Crippen LogP contribution in [0.1, 0.15) is 34.6 Å². The van der Waals surface area contributed by atoms with Crippen molar-refractivity contribution in [3.05, 3.63) is 131 Å². The summed E-state index contributed by atoms with van der Waals surface area (Å²) in [4.78, 5) is -0.112. The molecule has 4 aromatic carbocycles. The molecule has 186 valence electrons. The number of nitrogens with zero attached hydrogens (tertiary/aromatic N) is 1. The Morgan fingerprint density at radius 3 is 1.28 bits per heavy atom. The van der Waals surface area contributed by atoms with Crippen molar-refractivity contribution in [2.75, 3.05) is 6.54 Å². The highest BCUT2D eigenvalue weighted by molar-refractivity contribution is 8.04. The van der Waals surface area contributed by atoms with Gasteiger partial charge in [-0.25, -0.2) is 16.8 Å². The minimum Gasteiger partial charge on any atom is -0.206 e. The van der Waals surface area contributed by atoms with Crippen LogP contribution in [0.4, 0.5) is 0 Å². The molecule has 0 aliphatic rings. The van der Waals surface area contributed by atoms with E-state index in [2.05, 4.69) is 0 Å². The van der Waals surface area contributed by atoms with Crippen LogP contribution in [0.3, 0.4) is 0 Å². The maximum absolute atomic E-state index is 13.8. The lowest BCUT2D eigenvalue weighted by Crippen LogP contribution is -2.38. The van der Waals surface area contributed by atoms with Crippen LogP contribution in [-0.2, 0) is 20.0 Å². The van der Waals surface area contributed by atoms with Gasteiger partial charge < -0.3 is 0 Å². The Hall–Kier alpha value is -3.26. The van der Waals surface area contributed by atoms with Gasteiger partial charge in [0.25, 0.3) is 20.0 Å². The zero-order valence-corrected chi connectivity index (χ0v) is 21.9. The molecule has 0 aromatic heterocycles. The minimum atomic E-state index is -4.35. The van der Waals surface area contributed by atoms with E-state index in [0.717, 1.165) is 22.3 Å². The molecule has 0 aliphatic heterocycles. The Balaban J connectivity index is 1.78. The van der Waals surface area contributed by atoms with Gasteiger partial charge in [-0.05, 0) is 55.7 Å². The summed E-state index contributed by atoms with van der Waals surface area (Å²) in [5.41, 5.74) is 3.75. The largest absolute Gasteiger partial charge is 0.256 e. The molecular formula is C29H29NO4S2. The maximum Gasteiger partial charge on any atom is 0.256 e. The van der Waals surface area contributed by atoms with Gasteiger partial charge in [-0.15, -0.1) is 0 Å². The zero-order valence-electron chi connectivity index (χ0n) is 20.3. The molecule has 0 radical (unpaired) electrons. The quantitative estimate of drug-likeness (QED) is 0.276. The van der Waals surface area contributed by atoms with Gasteiger partial charge in [0, 0.05) is 12.5 Å². The van der Waals surface area contributed by atoms with E-state index in [9.17, 15) is 16.8 Å². The van der Waals surface area contributed by atoms with E-state index < -0.39 is 20.0 Å². The van der Waals surface area contributed by atoms with Crippen molar-refractivity contribution < 1.29 is 16.8 Å². The molecule has 0 saturated carbocycles. The first-order chi connectivity index (χ1) is 17.2. The van der Waals surface area contributed by atoms with Crippen LogP contribution in [0.15, 0.2) is 119 Å². The van der Waals surface area contributed by atoms with Crippen molar-refractivity contribution in [1.29, 1.82) is 0 Å². The summed E-state index contributed by atoms with van der Waals surface area (Å²) in [6.07, 6.45) is 0.282. The van der Waals surface area contributed by atoms with E-state index in [4.69, 9.17) is 0 Å². The Kier molecular flexibility index (Phi) is 7.73. The van der Waals surface area contributed by atoms with Crippen molar-refractivity contribution in [2.24, 2.45) is 0 Å². The zero-order chi connectivity index (χ0) is 25.8. The highest BCUT2D eigenvalue weighted by Gasteiger charge is 2.37. The van der Waals surface area contributed by atoms with Crippen LogP contribution < -0.4 is 0 Å². The number of hydrogen-bond donors (Lipinski definition) is 0. The van der Waals surface area contributed by atoms with Crippen LogP contribution >= 0.6 is 0 Å². The van der Waals surface area contributed by atoms with Crippen molar-refractivity contribution in [3.8, 4) is 0 Å². The third kappa shape index (κ3) is 5.59. The number of hydrogen-bond acceptors (Lipinski definition) is 4. The van der Waals surface area contributed by atoms with Gasteiger partial charge >= 0.3 is 0 Å². The van der Waals surface area contributed by atoms with E-state index in [1.54, 1.807) is 24.3 Å². The van der Waals surface area contributed by atoms with E-state index in [0.29, 0.717) is 3.71 Å². The summed E-state index contributed by atoms with van der Waals surface area (Å²) in [6, 6.07) is 31.9. The van der Waals surface area contributed by atoms with Crippen LogP contribution in [0.5, 0.6) is 0 Å². The van der Waals surface area contributed by atoms with Gasteiger partial charge in [0.05, 0.1) is 9.79 Å². The van der Waals surface area contributed by atoms with Gasteiger partial charge in [0.15, 0.2) is 0 Å². The van der Waals surface area contributed by atoms with E-state index >= 15 is 0 Å². The summed E-state index contributed by atoms with van der Waals surface area (Å²) >= 11 is 0. The molecule has 0 amide bonds. The standard InChI is InChI=1S/C29H29NO4S2/c1-23-13-17-27(18-14-23)35(31,32)30(36(33,34)28-19-15-24(2)16-20-28)22-21-29(25-9-5-3-6-10-25)26-11-7-4-8-12-26/h3-20,29H,21-22H2,1-2H3. The van der Waals surface area contributed by atoms with E-state index in [1.807, 2.05) is 74.5 Å². The molecule has 4 rings (SSSR count). The molecule has 0 heterocycles. The topological polar surface area (TPSA) is 71.5 Å². The van der Waals surface area contributed by atoms with Crippen molar-refractivity contribution in [2.45, 2.75) is 36.0 Å². The third-order valence-corrected chi connectivity index (χ3v) is 10.5. The lowest BCUT2D eigenvalue weighted by molar-refractivity contribution is 0.482. The first-order valence-corrected chi connectivity index (χ1v) is 14.6. The summed E-state index contributed by atoms with van der Waals surface area (Å²) < 4.78 is 55.7. The van der Waals surface area contributed by atoms with Crippen molar-refractivity contribution in [1.82, 2.24) is 3.71 Å². The van der Waals surface area contributed by atoms with Crippen molar-refractivity contribution >= 4 is 20.0 Å². The maximum atomic E-state index is 13.8. The fraction of sp³-hybridized carbons (Fsp3) is 0.172. The summed E-state index contributed by atoms with van der Waals surface area (Å²) in [5, 5.41) is 0. The molecule has 0 unspecified atom stereocenters. The number of benzene rings is 4. The van der Waals surface area contributed by atoms with Gasteiger partial charge in [-0.1, -0.05) is 99.8 Å². The molecule has 7 heteroatoms. The Labute approximate surface area is 214 Å². The minimum absolute atomic E-state index is 0.0558. The number of sulfonamides is 2. The molecular weight excluding hydrogens is 490 g/mol. The molecule has 0 spiro atoms. The van der Waals surface area contributed by atoms with Gasteiger partial charge in [0.2, 0.25) is 0 Å². The van der Waals surface area contributed by atoms with Crippen LogP contribution in [0.2, 0.25) is 0 Å². The molecule has 0 saturated heterocycles. The second-order valence-corrected chi connectivity index (χ2v) is 12.8. The Bertz CT molecular complexity index is 1390. The lowest BCUT2D eigenvalue weighted by Gasteiger charge is -2.25. The first-order valence-electron chi connectivity index (χ1n) is 11.7. The normalized spacial score (nSPS) is 12.2. The third-order valence-electron chi connectivity index (χ3n) is 6.18.